The van der Waals surface area contributed by atoms with Crippen LogP contribution in [0.4, 0.5) is 0 Å². The van der Waals surface area contributed by atoms with E-state index in [1.165, 1.54) is 0 Å². The molecule has 1 aromatic heterocycles. The SMILES string of the molecule is NC(N)=NCCC[C@@H](C=O)N(C(=O)c1cc2ccccc2n1Cc1ccccc1)C(=O)[C@H](N)CCCc1ccccc1. The van der Waals surface area contributed by atoms with Crippen molar-refractivity contribution in [3.8, 4) is 0 Å². The van der Waals surface area contributed by atoms with Crippen molar-refractivity contribution < 1.29 is 14.4 Å². The number of nitrogens with zero attached hydrogens (tertiary/aromatic N) is 3. The number of hydrogen-bond donors (Lipinski definition) is 3. The van der Waals surface area contributed by atoms with Crippen LogP contribution in [-0.4, -0.2) is 52.2 Å². The Labute approximate surface area is 246 Å². The zero-order valence-corrected chi connectivity index (χ0v) is 23.6. The Bertz CT molecular complexity index is 1510. The second kappa shape index (κ2) is 14.7. The highest BCUT2D eigenvalue weighted by atomic mass is 16.2. The van der Waals surface area contributed by atoms with Crippen LogP contribution in [0.15, 0.2) is 96.0 Å². The van der Waals surface area contributed by atoms with E-state index in [2.05, 4.69) is 4.99 Å². The van der Waals surface area contributed by atoms with E-state index < -0.39 is 23.9 Å². The van der Waals surface area contributed by atoms with Gasteiger partial charge in [0.15, 0.2) is 5.96 Å². The fraction of sp³-hybridized carbons (Fsp3) is 0.273. The van der Waals surface area contributed by atoms with Crippen LogP contribution in [0, 0.1) is 0 Å². The molecule has 0 unspecified atom stereocenters. The average molecular weight is 567 g/mol. The molecule has 0 aliphatic heterocycles. The molecule has 218 valence electrons. The molecule has 42 heavy (non-hydrogen) atoms. The van der Waals surface area contributed by atoms with E-state index in [-0.39, 0.29) is 18.9 Å². The Morgan fingerprint density at radius 3 is 2.17 bits per heavy atom. The Morgan fingerprint density at radius 1 is 0.857 bits per heavy atom. The van der Waals surface area contributed by atoms with Crippen molar-refractivity contribution in [2.75, 3.05) is 6.54 Å². The van der Waals surface area contributed by atoms with Gasteiger partial charge in [-0.2, -0.15) is 0 Å². The summed E-state index contributed by atoms with van der Waals surface area (Å²) in [5.41, 5.74) is 20.6. The quantitative estimate of drug-likeness (QED) is 0.0918. The monoisotopic (exact) mass is 566 g/mol. The van der Waals surface area contributed by atoms with Crippen LogP contribution < -0.4 is 17.2 Å². The van der Waals surface area contributed by atoms with E-state index in [1.54, 1.807) is 6.07 Å². The lowest BCUT2D eigenvalue weighted by Crippen LogP contribution is -2.52. The van der Waals surface area contributed by atoms with E-state index in [9.17, 15) is 14.4 Å². The highest BCUT2D eigenvalue weighted by Crippen LogP contribution is 2.24. The molecular weight excluding hydrogens is 528 g/mol. The molecule has 9 heteroatoms. The van der Waals surface area contributed by atoms with E-state index in [0.717, 1.165) is 33.4 Å². The maximum absolute atomic E-state index is 14.3. The summed E-state index contributed by atoms with van der Waals surface area (Å²) in [4.78, 5) is 45.6. The number of aromatic nitrogens is 1. The second-order valence-electron chi connectivity index (χ2n) is 10.3. The van der Waals surface area contributed by atoms with Gasteiger partial charge >= 0.3 is 0 Å². The van der Waals surface area contributed by atoms with Crippen LogP contribution in [0.3, 0.4) is 0 Å². The van der Waals surface area contributed by atoms with Gasteiger partial charge in [0, 0.05) is 24.0 Å². The van der Waals surface area contributed by atoms with E-state index in [0.29, 0.717) is 37.8 Å². The predicted molar refractivity (Wildman–Crippen MR) is 166 cm³/mol. The lowest BCUT2D eigenvalue weighted by molar-refractivity contribution is -0.134. The first kappa shape index (κ1) is 30.2. The van der Waals surface area contributed by atoms with Crippen molar-refractivity contribution in [2.45, 2.75) is 50.7 Å². The van der Waals surface area contributed by atoms with Crippen LogP contribution in [-0.2, 0) is 22.6 Å². The molecule has 0 saturated heterocycles. The minimum absolute atomic E-state index is 0.0625. The summed E-state index contributed by atoms with van der Waals surface area (Å²) in [6, 6.07) is 27.1. The summed E-state index contributed by atoms with van der Waals surface area (Å²) >= 11 is 0. The number of imide groups is 1. The third kappa shape index (κ3) is 7.70. The minimum atomic E-state index is -1.03. The number of aldehydes is 1. The van der Waals surface area contributed by atoms with Crippen molar-refractivity contribution in [2.24, 2.45) is 22.2 Å². The number of para-hydroxylation sites is 1. The molecule has 1 heterocycles. The van der Waals surface area contributed by atoms with Gasteiger partial charge in [0.2, 0.25) is 5.91 Å². The maximum atomic E-state index is 14.3. The standard InChI is InChI=1S/C33H38N6O3/c34-28(18-9-15-24-11-3-1-4-12-24)31(41)39(27(23-40)17-10-20-37-33(35)36)32(42)30-21-26-16-7-8-19-29(26)38(30)22-25-13-5-2-6-14-25/h1-8,11-14,16,19,21,23,27-28H,9-10,15,17-18,20,22,34H2,(H4,35,36,37)/t27-,28+/m0/s1. The van der Waals surface area contributed by atoms with Crippen molar-refractivity contribution in [3.05, 3.63) is 108 Å². The zero-order valence-electron chi connectivity index (χ0n) is 23.6. The van der Waals surface area contributed by atoms with Crippen LogP contribution in [0.1, 0.15) is 47.3 Å². The van der Waals surface area contributed by atoms with E-state index in [4.69, 9.17) is 17.2 Å². The fourth-order valence-electron chi connectivity index (χ4n) is 5.10. The molecule has 0 radical (unpaired) electrons. The summed E-state index contributed by atoms with van der Waals surface area (Å²) in [5.74, 6) is -1.21. The predicted octanol–water partition coefficient (Wildman–Crippen LogP) is 3.63. The Morgan fingerprint density at radius 2 is 1.50 bits per heavy atom. The first-order chi connectivity index (χ1) is 20.4. The number of amides is 2. The molecule has 0 aliphatic rings. The number of carbonyl (C=O) groups excluding carboxylic acids is 3. The smallest absolute Gasteiger partial charge is 0.277 e. The van der Waals surface area contributed by atoms with E-state index >= 15 is 0 Å². The normalized spacial score (nSPS) is 12.4. The molecule has 0 fully saturated rings. The third-order valence-electron chi connectivity index (χ3n) is 7.25. The molecule has 6 N–H and O–H groups in total. The molecule has 0 bridgehead atoms. The van der Waals surface area contributed by atoms with Crippen LogP contribution >= 0.6 is 0 Å². The number of nitrogens with two attached hydrogens (primary N) is 3. The molecule has 3 aromatic carbocycles. The molecular formula is C33H38N6O3. The summed E-state index contributed by atoms with van der Waals surface area (Å²) in [5, 5.41) is 0.853. The molecule has 9 nitrogen and oxygen atoms in total. The van der Waals surface area contributed by atoms with E-state index in [1.807, 2.05) is 89.5 Å². The highest BCUT2D eigenvalue weighted by Gasteiger charge is 2.35. The van der Waals surface area contributed by atoms with Crippen LogP contribution in [0.5, 0.6) is 0 Å². The summed E-state index contributed by atoms with van der Waals surface area (Å²) in [7, 11) is 0. The number of fused-ring (bicyclic) bond motifs is 1. The lowest BCUT2D eigenvalue weighted by atomic mass is 10.0. The van der Waals surface area contributed by atoms with Gasteiger partial charge in [0.05, 0.1) is 12.1 Å². The molecule has 2 amide bonds. The Kier molecular flexibility index (Phi) is 10.6. The van der Waals surface area contributed by atoms with Crippen LogP contribution in [0.2, 0.25) is 0 Å². The maximum Gasteiger partial charge on any atom is 0.277 e. The summed E-state index contributed by atoms with van der Waals surface area (Å²) < 4.78 is 1.88. The van der Waals surface area contributed by atoms with Gasteiger partial charge in [-0.15, -0.1) is 0 Å². The van der Waals surface area contributed by atoms with Gasteiger partial charge in [-0.3, -0.25) is 19.5 Å². The third-order valence-corrected chi connectivity index (χ3v) is 7.25. The number of aliphatic imine (C=N–C) groups is 1. The van der Waals surface area contributed by atoms with Gasteiger partial charge < -0.3 is 26.6 Å². The number of guanidine groups is 1. The van der Waals surface area contributed by atoms with Crippen LogP contribution in [0.25, 0.3) is 10.9 Å². The number of aryl methyl sites for hydroxylation is 1. The lowest BCUT2D eigenvalue weighted by Gasteiger charge is -2.29. The summed E-state index contributed by atoms with van der Waals surface area (Å²) in [6.45, 7) is 0.678. The van der Waals surface area contributed by atoms with Gasteiger partial charge in [-0.05, 0) is 55.4 Å². The molecule has 0 saturated carbocycles. The van der Waals surface area contributed by atoms with Crippen molar-refractivity contribution in [1.82, 2.24) is 9.47 Å². The number of rotatable bonds is 14. The molecule has 0 aliphatic carbocycles. The fourth-order valence-corrected chi connectivity index (χ4v) is 5.10. The molecule has 4 rings (SSSR count). The van der Waals surface area contributed by atoms with Gasteiger partial charge in [0.25, 0.3) is 5.91 Å². The van der Waals surface area contributed by atoms with Crippen molar-refractivity contribution in [1.29, 1.82) is 0 Å². The Hall–Kier alpha value is -4.76. The average Bonchev–Trinajstić information content (AvgIpc) is 3.37. The number of hydrogen-bond acceptors (Lipinski definition) is 5. The van der Waals surface area contributed by atoms with Gasteiger partial charge in [0.1, 0.15) is 12.0 Å². The Balaban J connectivity index is 1.65. The minimum Gasteiger partial charge on any atom is -0.370 e. The highest BCUT2D eigenvalue weighted by molar-refractivity contribution is 6.09. The van der Waals surface area contributed by atoms with Crippen molar-refractivity contribution >= 4 is 35.0 Å². The molecule has 2 atom stereocenters. The van der Waals surface area contributed by atoms with Crippen molar-refractivity contribution in [3.63, 3.8) is 0 Å². The topological polar surface area (TPSA) is 150 Å². The van der Waals surface area contributed by atoms with Gasteiger partial charge in [-0.1, -0.05) is 78.9 Å². The zero-order chi connectivity index (χ0) is 29.9. The largest absolute Gasteiger partial charge is 0.370 e. The van der Waals surface area contributed by atoms with Gasteiger partial charge in [-0.25, -0.2) is 0 Å². The first-order valence-corrected chi connectivity index (χ1v) is 14.2. The molecule has 4 aromatic rings. The number of benzene rings is 3. The second-order valence-corrected chi connectivity index (χ2v) is 10.3. The number of carbonyl (C=O) groups is 3. The summed E-state index contributed by atoms with van der Waals surface area (Å²) in [6.07, 6.45) is 3.00. The first-order valence-electron chi connectivity index (χ1n) is 14.2. The molecule has 0 spiro atoms.